The number of para-hydroxylation sites is 1. The maximum atomic E-state index is 13.6. The highest BCUT2D eigenvalue weighted by Gasteiger charge is 2.54. The minimum absolute atomic E-state index is 0.185. The average Bonchev–Trinajstić information content (AvgIpc) is 3.03. The molecule has 204 valence electrons. The molecule has 0 radical (unpaired) electrons. The van der Waals surface area contributed by atoms with Gasteiger partial charge in [0.25, 0.3) is 5.56 Å². The number of esters is 1. The van der Waals surface area contributed by atoms with Crippen molar-refractivity contribution in [3.8, 4) is 5.75 Å². The minimum atomic E-state index is -4.25. The molecule has 1 saturated heterocycles. The summed E-state index contributed by atoms with van der Waals surface area (Å²) in [4.78, 5) is 36.7. The molecule has 1 aliphatic heterocycles. The van der Waals surface area contributed by atoms with Crippen molar-refractivity contribution in [2.75, 3.05) is 6.61 Å². The Kier molecular flexibility index (Phi) is 9.28. The van der Waals surface area contributed by atoms with Gasteiger partial charge in [0.2, 0.25) is 0 Å². The van der Waals surface area contributed by atoms with Gasteiger partial charge in [0.1, 0.15) is 33.9 Å². The van der Waals surface area contributed by atoms with E-state index < -0.39 is 67.0 Å². The highest BCUT2D eigenvalue weighted by Crippen LogP contribution is 2.48. The zero-order valence-electron chi connectivity index (χ0n) is 20.4. The smallest absolute Gasteiger partial charge is 0.459 e. The van der Waals surface area contributed by atoms with E-state index in [4.69, 9.17) is 41.7 Å². The molecule has 0 spiro atoms. The number of aliphatic hydroxyl groups excluding tert-OH is 1. The molecule has 0 bridgehead atoms. The molecule has 3 N–H and O–H groups in total. The van der Waals surface area contributed by atoms with Gasteiger partial charge in [-0.1, -0.05) is 29.8 Å². The van der Waals surface area contributed by atoms with Crippen LogP contribution in [0.25, 0.3) is 0 Å². The van der Waals surface area contributed by atoms with Gasteiger partial charge in [0.15, 0.2) is 6.23 Å². The second-order valence-corrected chi connectivity index (χ2v) is 11.7. The third-order valence-corrected chi connectivity index (χ3v) is 7.65. The Labute approximate surface area is 222 Å². The fourth-order valence-electron chi connectivity index (χ4n) is 3.49. The number of alkyl halides is 1. The Morgan fingerprint density at radius 3 is 2.57 bits per heavy atom. The first-order chi connectivity index (χ1) is 17.2. The van der Waals surface area contributed by atoms with E-state index in [-0.39, 0.29) is 10.8 Å². The first kappa shape index (κ1) is 29.4. The Morgan fingerprint density at radius 2 is 1.95 bits per heavy atom. The number of carbonyl (C=O) groups is 1. The van der Waals surface area contributed by atoms with Gasteiger partial charge in [0.05, 0.1) is 12.7 Å². The summed E-state index contributed by atoms with van der Waals surface area (Å²) >= 11 is 12.4. The number of hydrogen-bond acceptors (Lipinski definition) is 9. The Balaban J connectivity index is 1.82. The molecule has 1 aliphatic rings. The largest absolute Gasteiger partial charge is 0.462 e. The number of halogens is 2. The van der Waals surface area contributed by atoms with Crippen LogP contribution in [0.3, 0.4) is 0 Å². The van der Waals surface area contributed by atoms with E-state index in [2.05, 4.69) is 5.09 Å². The van der Waals surface area contributed by atoms with E-state index >= 15 is 0 Å². The number of aliphatic hydroxyl groups is 1. The number of carbonyl (C=O) groups excluding carboxylic acids is 1. The van der Waals surface area contributed by atoms with Crippen LogP contribution in [-0.4, -0.2) is 56.5 Å². The van der Waals surface area contributed by atoms with Crippen LogP contribution in [0.5, 0.6) is 5.75 Å². The molecular formula is C22H28Cl2N3O9P. The van der Waals surface area contributed by atoms with Gasteiger partial charge < -0.3 is 19.1 Å². The first-order valence-electron chi connectivity index (χ1n) is 11.2. The lowest BCUT2D eigenvalue weighted by Crippen LogP contribution is -2.43. The van der Waals surface area contributed by atoms with Crippen LogP contribution < -0.4 is 20.9 Å². The summed E-state index contributed by atoms with van der Waals surface area (Å²) in [6.07, 6.45) is -3.27. The number of H-pyrrole nitrogens is 1. The van der Waals surface area contributed by atoms with Crippen molar-refractivity contribution >= 4 is 36.9 Å². The predicted molar refractivity (Wildman–Crippen MR) is 135 cm³/mol. The number of benzene rings is 1. The van der Waals surface area contributed by atoms with E-state index in [0.29, 0.717) is 0 Å². The number of nitrogens with one attached hydrogen (secondary N) is 2. The van der Waals surface area contributed by atoms with E-state index in [0.717, 1.165) is 10.8 Å². The van der Waals surface area contributed by atoms with Gasteiger partial charge in [0, 0.05) is 6.20 Å². The Hall–Kier alpha value is -2.18. The monoisotopic (exact) mass is 579 g/mol. The maximum absolute atomic E-state index is 13.6. The quantitative estimate of drug-likeness (QED) is 0.217. The number of aromatic nitrogens is 2. The topological polar surface area (TPSA) is 158 Å². The van der Waals surface area contributed by atoms with E-state index in [1.165, 1.54) is 26.0 Å². The van der Waals surface area contributed by atoms with E-state index in [1.807, 2.05) is 4.98 Å². The lowest BCUT2D eigenvalue weighted by molar-refractivity contribution is -0.149. The van der Waals surface area contributed by atoms with Crippen LogP contribution >= 0.6 is 30.9 Å². The summed E-state index contributed by atoms with van der Waals surface area (Å²) in [5, 5.41) is 13.1. The van der Waals surface area contributed by atoms with Gasteiger partial charge in [-0.15, -0.1) is 11.6 Å². The first-order valence-corrected chi connectivity index (χ1v) is 13.5. The minimum Gasteiger partial charge on any atom is -0.462 e. The molecule has 6 atom stereocenters. The molecule has 1 fully saturated rings. The summed E-state index contributed by atoms with van der Waals surface area (Å²) < 4.78 is 36.6. The van der Waals surface area contributed by atoms with Gasteiger partial charge >= 0.3 is 19.4 Å². The molecule has 2 heterocycles. The zero-order chi connectivity index (χ0) is 27.5. The Morgan fingerprint density at radius 1 is 1.30 bits per heavy atom. The molecule has 1 aromatic carbocycles. The zero-order valence-corrected chi connectivity index (χ0v) is 22.8. The molecule has 2 aromatic rings. The van der Waals surface area contributed by atoms with Crippen LogP contribution in [0.1, 0.15) is 33.9 Å². The van der Waals surface area contributed by atoms with Gasteiger partial charge in [-0.05, 0) is 39.8 Å². The number of hydrogen-bond donors (Lipinski definition) is 3. The fraction of sp³-hybridized carbons (Fsp3) is 0.500. The summed E-state index contributed by atoms with van der Waals surface area (Å²) in [5.74, 6) is -0.500. The molecule has 0 amide bonds. The standard InChI is InChI=1S/C22H28Cl2N3O9P/c1-12(2)34-19(30)13(3)26-37(32,36-14-8-6-5-7-9-14)33-11-16-17(28)22(4,24)20(35-16)27-10-15(23)18(29)25-21(27)31/h5-10,12-13,16-17,20,28H,11H2,1-4H3,(H,26,32)(H,25,29,31)/t13-,16-,17-,20?,22-,37?/m1/s1. The number of ether oxygens (including phenoxy) is 2. The van der Waals surface area contributed by atoms with Gasteiger partial charge in [-0.2, -0.15) is 5.09 Å². The summed E-state index contributed by atoms with van der Waals surface area (Å²) in [5.41, 5.74) is -1.66. The normalized spacial score (nSPS) is 26.0. The molecule has 0 aliphatic carbocycles. The molecule has 15 heteroatoms. The molecular weight excluding hydrogens is 552 g/mol. The van der Waals surface area contributed by atoms with Crippen LogP contribution in [0.2, 0.25) is 5.02 Å². The predicted octanol–water partition coefficient (Wildman–Crippen LogP) is 2.58. The average molecular weight is 580 g/mol. The highest BCUT2D eigenvalue weighted by atomic mass is 35.5. The lowest BCUT2D eigenvalue weighted by Gasteiger charge is -2.26. The van der Waals surface area contributed by atoms with Crippen LogP contribution in [0, 0.1) is 0 Å². The van der Waals surface area contributed by atoms with Crippen molar-refractivity contribution < 1.29 is 33.0 Å². The third-order valence-electron chi connectivity index (χ3n) is 5.33. The number of rotatable bonds is 10. The summed E-state index contributed by atoms with van der Waals surface area (Å²) in [6.45, 7) is 5.65. The molecule has 37 heavy (non-hydrogen) atoms. The van der Waals surface area contributed by atoms with Gasteiger partial charge in [-0.25, -0.2) is 9.36 Å². The van der Waals surface area contributed by atoms with Crippen molar-refractivity contribution in [2.45, 2.75) is 63.2 Å². The van der Waals surface area contributed by atoms with Crippen molar-refractivity contribution in [3.05, 3.63) is 62.4 Å². The molecule has 12 nitrogen and oxygen atoms in total. The number of nitrogens with zero attached hydrogens (tertiary/aromatic N) is 1. The highest BCUT2D eigenvalue weighted by molar-refractivity contribution is 7.52. The van der Waals surface area contributed by atoms with Crippen molar-refractivity contribution in [3.63, 3.8) is 0 Å². The van der Waals surface area contributed by atoms with Gasteiger partial charge in [-0.3, -0.25) is 23.7 Å². The molecule has 1 aromatic heterocycles. The lowest BCUT2D eigenvalue weighted by atomic mass is 10.0. The van der Waals surface area contributed by atoms with Crippen molar-refractivity contribution in [1.82, 2.24) is 14.6 Å². The molecule has 2 unspecified atom stereocenters. The van der Waals surface area contributed by atoms with Crippen molar-refractivity contribution in [1.29, 1.82) is 0 Å². The maximum Gasteiger partial charge on any atom is 0.459 e. The second-order valence-electron chi connectivity index (χ2n) is 8.80. The van der Waals surface area contributed by atoms with Crippen molar-refractivity contribution in [2.24, 2.45) is 0 Å². The second kappa shape index (κ2) is 11.7. The SMILES string of the molecule is CC(C)OC(=O)[C@@H](C)NP(=O)(OC[C@H]1OC(n2cc(Cl)c(=O)[nH]c2=O)[C@](C)(Cl)[C@@H]1O)Oc1ccccc1. The van der Waals surface area contributed by atoms with Crippen LogP contribution in [-0.2, 0) is 23.4 Å². The van der Waals surface area contributed by atoms with E-state index in [9.17, 15) is 24.1 Å². The van der Waals surface area contributed by atoms with Crippen LogP contribution in [0.15, 0.2) is 46.1 Å². The Bertz CT molecular complexity index is 1270. The van der Waals surface area contributed by atoms with Crippen LogP contribution in [0.4, 0.5) is 0 Å². The molecule has 0 saturated carbocycles. The summed E-state index contributed by atoms with van der Waals surface area (Å²) in [7, 11) is -4.25. The van der Waals surface area contributed by atoms with E-state index in [1.54, 1.807) is 32.0 Å². The molecule has 3 rings (SSSR count). The summed E-state index contributed by atoms with van der Waals surface area (Å²) in [6, 6.07) is 7.01. The number of aromatic amines is 1. The fourth-order valence-corrected chi connectivity index (χ4v) is 5.44. The third kappa shape index (κ3) is 7.02.